The van der Waals surface area contributed by atoms with Crippen LogP contribution in [0.25, 0.3) is 32.9 Å². The molecule has 0 fully saturated rings. The molecule has 0 bridgehead atoms. The van der Waals surface area contributed by atoms with Gasteiger partial charge in [0.05, 0.1) is 6.54 Å². The standard InChI is InChI=1S/C24H18FN3O3/c1-2-13-5-8-19-17(10-13)20-16-4-3-9-27-23(16)31-24(30)21(20)28(19)12-15-7-6-14(22(26)29)11-18(15)25/h3-11H,2,12H2,1H3,(H2,26,29). The van der Waals surface area contributed by atoms with E-state index in [9.17, 15) is 14.0 Å². The molecule has 0 aliphatic heterocycles. The summed E-state index contributed by atoms with van der Waals surface area (Å²) in [6.07, 6.45) is 2.41. The second-order valence-electron chi connectivity index (χ2n) is 7.43. The summed E-state index contributed by atoms with van der Waals surface area (Å²) in [7, 11) is 0. The summed E-state index contributed by atoms with van der Waals surface area (Å²) in [6.45, 7) is 2.15. The first-order valence-electron chi connectivity index (χ1n) is 9.89. The van der Waals surface area contributed by atoms with Crippen molar-refractivity contribution < 1.29 is 13.6 Å². The third kappa shape index (κ3) is 2.97. The van der Waals surface area contributed by atoms with Gasteiger partial charge in [0.15, 0.2) is 0 Å². The molecule has 7 heteroatoms. The number of nitrogens with zero attached hydrogens (tertiary/aromatic N) is 2. The Bertz CT molecular complexity index is 1570. The molecule has 0 unspecified atom stereocenters. The second-order valence-corrected chi connectivity index (χ2v) is 7.43. The van der Waals surface area contributed by atoms with Gasteiger partial charge >= 0.3 is 5.63 Å². The summed E-state index contributed by atoms with van der Waals surface area (Å²) in [5, 5.41) is 2.34. The number of aryl methyl sites for hydroxylation is 1. The molecule has 2 aromatic carbocycles. The molecule has 0 saturated carbocycles. The minimum Gasteiger partial charge on any atom is -0.402 e. The van der Waals surface area contributed by atoms with E-state index in [0.717, 1.165) is 39.7 Å². The quantitative estimate of drug-likeness (QED) is 0.477. The third-order valence-corrected chi connectivity index (χ3v) is 5.63. The lowest BCUT2D eigenvalue weighted by atomic mass is 10.1. The maximum atomic E-state index is 14.7. The number of rotatable bonds is 4. The van der Waals surface area contributed by atoms with Crippen molar-refractivity contribution in [1.82, 2.24) is 9.55 Å². The van der Waals surface area contributed by atoms with E-state index >= 15 is 0 Å². The minimum atomic E-state index is -0.700. The second kappa shape index (κ2) is 7.05. The van der Waals surface area contributed by atoms with Gasteiger partial charge in [-0.2, -0.15) is 0 Å². The van der Waals surface area contributed by atoms with Gasteiger partial charge in [0.25, 0.3) is 0 Å². The molecule has 0 spiro atoms. The van der Waals surface area contributed by atoms with Crippen LogP contribution in [0.15, 0.2) is 63.9 Å². The molecular weight excluding hydrogens is 397 g/mol. The van der Waals surface area contributed by atoms with Gasteiger partial charge in [0.2, 0.25) is 11.6 Å². The van der Waals surface area contributed by atoms with Gasteiger partial charge in [-0.05, 0) is 48.4 Å². The molecule has 5 aromatic rings. The average molecular weight is 415 g/mol. The molecule has 0 aliphatic rings. The number of nitrogens with two attached hydrogens (primary N) is 1. The van der Waals surface area contributed by atoms with E-state index in [1.54, 1.807) is 16.8 Å². The highest BCUT2D eigenvalue weighted by Gasteiger charge is 2.20. The van der Waals surface area contributed by atoms with Crippen LogP contribution in [-0.2, 0) is 13.0 Å². The van der Waals surface area contributed by atoms with Crippen molar-refractivity contribution in [1.29, 1.82) is 0 Å². The summed E-state index contributed by atoms with van der Waals surface area (Å²) in [4.78, 5) is 28.5. The Morgan fingerprint density at radius 1 is 1.16 bits per heavy atom. The van der Waals surface area contributed by atoms with Gasteiger partial charge < -0.3 is 14.7 Å². The SMILES string of the molecule is CCc1ccc2c(c1)c1c3cccnc3oc(=O)c1n2Cc1ccc(C(N)=O)cc1F. The molecule has 1 amide bonds. The van der Waals surface area contributed by atoms with Crippen molar-refractivity contribution >= 4 is 38.8 Å². The van der Waals surface area contributed by atoms with Crippen LogP contribution in [0.1, 0.15) is 28.4 Å². The number of halogens is 1. The van der Waals surface area contributed by atoms with Crippen LogP contribution in [0.2, 0.25) is 0 Å². The van der Waals surface area contributed by atoms with Crippen LogP contribution in [0, 0.1) is 5.82 Å². The lowest BCUT2D eigenvalue weighted by Gasteiger charge is -2.09. The number of hydrogen-bond acceptors (Lipinski definition) is 4. The van der Waals surface area contributed by atoms with E-state index < -0.39 is 17.3 Å². The molecule has 0 atom stereocenters. The Balaban J connectivity index is 1.85. The molecule has 3 heterocycles. The first kappa shape index (κ1) is 19.0. The summed E-state index contributed by atoms with van der Waals surface area (Å²) in [5.41, 5.74) is 7.64. The van der Waals surface area contributed by atoms with Crippen LogP contribution in [-0.4, -0.2) is 15.5 Å². The maximum Gasteiger partial charge on any atom is 0.362 e. The maximum absolute atomic E-state index is 14.7. The van der Waals surface area contributed by atoms with E-state index in [-0.39, 0.29) is 17.8 Å². The zero-order valence-electron chi connectivity index (χ0n) is 16.7. The highest BCUT2D eigenvalue weighted by atomic mass is 19.1. The smallest absolute Gasteiger partial charge is 0.362 e. The van der Waals surface area contributed by atoms with Gasteiger partial charge in [0.1, 0.15) is 11.3 Å². The average Bonchev–Trinajstić information content (AvgIpc) is 3.09. The summed E-state index contributed by atoms with van der Waals surface area (Å²) in [5.74, 6) is -1.27. The van der Waals surface area contributed by atoms with Gasteiger partial charge in [-0.25, -0.2) is 14.2 Å². The topological polar surface area (TPSA) is 91.1 Å². The number of benzene rings is 2. The van der Waals surface area contributed by atoms with E-state index in [1.807, 2.05) is 24.3 Å². The van der Waals surface area contributed by atoms with Crippen molar-refractivity contribution in [2.75, 3.05) is 0 Å². The lowest BCUT2D eigenvalue weighted by Crippen LogP contribution is -2.13. The Labute approximate surface area is 175 Å². The Morgan fingerprint density at radius 3 is 2.74 bits per heavy atom. The first-order valence-corrected chi connectivity index (χ1v) is 9.89. The lowest BCUT2D eigenvalue weighted by molar-refractivity contribution is 0.1000. The van der Waals surface area contributed by atoms with E-state index in [2.05, 4.69) is 11.9 Å². The number of hydrogen-bond donors (Lipinski definition) is 1. The molecule has 5 rings (SSSR count). The number of aromatic nitrogens is 2. The molecule has 0 saturated heterocycles. The molecule has 31 heavy (non-hydrogen) atoms. The highest BCUT2D eigenvalue weighted by Crippen LogP contribution is 2.33. The van der Waals surface area contributed by atoms with Crippen LogP contribution >= 0.6 is 0 Å². The number of primary amides is 1. The minimum absolute atomic E-state index is 0.0902. The monoisotopic (exact) mass is 415 g/mol. The zero-order chi connectivity index (χ0) is 21.7. The Morgan fingerprint density at radius 2 is 2.00 bits per heavy atom. The normalized spacial score (nSPS) is 11.5. The van der Waals surface area contributed by atoms with Crippen molar-refractivity contribution in [3.05, 3.63) is 87.7 Å². The molecule has 0 radical (unpaired) electrons. The zero-order valence-corrected chi connectivity index (χ0v) is 16.7. The molecular formula is C24H18FN3O3. The molecule has 0 aliphatic carbocycles. The van der Waals surface area contributed by atoms with Crippen molar-refractivity contribution in [2.24, 2.45) is 5.73 Å². The fourth-order valence-electron chi connectivity index (χ4n) is 4.07. The Hall–Kier alpha value is -4.00. The number of amides is 1. The van der Waals surface area contributed by atoms with Crippen LogP contribution in [0.4, 0.5) is 4.39 Å². The number of carbonyl (C=O) groups excluding carboxylic acids is 1. The van der Waals surface area contributed by atoms with E-state index in [4.69, 9.17) is 10.2 Å². The van der Waals surface area contributed by atoms with Gasteiger partial charge in [-0.3, -0.25) is 4.79 Å². The van der Waals surface area contributed by atoms with Crippen LogP contribution in [0.3, 0.4) is 0 Å². The fraction of sp³-hybridized carbons (Fsp3) is 0.125. The van der Waals surface area contributed by atoms with Crippen LogP contribution in [0.5, 0.6) is 0 Å². The number of pyridine rings is 1. The van der Waals surface area contributed by atoms with E-state index in [1.165, 1.54) is 12.1 Å². The van der Waals surface area contributed by atoms with Crippen LogP contribution < -0.4 is 11.4 Å². The first-order chi connectivity index (χ1) is 15.0. The predicted molar refractivity (Wildman–Crippen MR) is 117 cm³/mol. The largest absolute Gasteiger partial charge is 0.402 e. The third-order valence-electron chi connectivity index (χ3n) is 5.63. The number of carbonyl (C=O) groups is 1. The summed E-state index contributed by atoms with van der Waals surface area (Å²) >= 11 is 0. The van der Waals surface area contributed by atoms with Crippen molar-refractivity contribution in [3.63, 3.8) is 0 Å². The van der Waals surface area contributed by atoms with E-state index in [0.29, 0.717) is 11.1 Å². The predicted octanol–water partition coefficient (Wildman–Crippen LogP) is 4.14. The summed E-state index contributed by atoms with van der Waals surface area (Å²) in [6, 6.07) is 13.7. The molecule has 6 nitrogen and oxygen atoms in total. The fourth-order valence-corrected chi connectivity index (χ4v) is 4.07. The Kier molecular flexibility index (Phi) is 4.32. The van der Waals surface area contributed by atoms with Gasteiger partial charge in [0, 0.05) is 39.0 Å². The van der Waals surface area contributed by atoms with Gasteiger partial charge in [-0.1, -0.05) is 19.1 Å². The van der Waals surface area contributed by atoms with Crippen molar-refractivity contribution in [3.8, 4) is 0 Å². The van der Waals surface area contributed by atoms with Gasteiger partial charge in [-0.15, -0.1) is 0 Å². The molecule has 154 valence electrons. The molecule has 3 aromatic heterocycles. The van der Waals surface area contributed by atoms with Crippen molar-refractivity contribution in [2.45, 2.75) is 19.9 Å². The highest BCUT2D eigenvalue weighted by molar-refractivity contribution is 6.18. The molecule has 2 N–H and O–H groups in total. The number of fused-ring (bicyclic) bond motifs is 5. The summed E-state index contributed by atoms with van der Waals surface area (Å²) < 4.78 is 22.0.